The van der Waals surface area contributed by atoms with Crippen LogP contribution in [0.15, 0.2) is 84.9 Å². The Balaban J connectivity index is 1.59. The van der Waals surface area contributed by atoms with E-state index in [0.717, 1.165) is 32.7 Å². The van der Waals surface area contributed by atoms with Crippen LogP contribution >= 0.6 is 0 Å². The molecule has 4 rings (SSSR count). The zero-order chi connectivity index (χ0) is 20.9. The van der Waals surface area contributed by atoms with Crippen LogP contribution in [0.3, 0.4) is 0 Å². The fraction of sp³-hybridized carbons (Fsp3) is 0.154. The summed E-state index contributed by atoms with van der Waals surface area (Å²) in [7, 11) is 0. The van der Waals surface area contributed by atoms with Gasteiger partial charge in [-0.1, -0.05) is 78.9 Å². The Morgan fingerprint density at radius 1 is 0.800 bits per heavy atom. The zero-order valence-electron chi connectivity index (χ0n) is 16.5. The number of fused-ring (bicyclic) bond motifs is 2. The summed E-state index contributed by atoms with van der Waals surface area (Å²) in [5.41, 5.74) is 2.00. The van der Waals surface area contributed by atoms with Gasteiger partial charge < -0.3 is 10.4 Å². The molecule has 0 aliphatic carbocycles. The van der Waals surface area contributed by atoms with Crippen LogP contribution in [0, 0.1) is 0 Å². The van der Waals surface area contributed by atoms with Gasteiger partial charge in [0.25, 0.3) is 0 Å². The van der Waals surface area contributed by atoms with E-state index in [1.165, 1.54) is 0 Å². The zero-order valence-corrected chi connectivity index (χ0v) is 16.5. The Kier molecular flexibility index (Phi) is 5.75. The number of carbonyl (C=O) groups excluding carboxylic acids is 1. The van der Waals surface area contributed by atoms with Crippen molar-refractivity contribution in [3.8, 4) is 0 Å². The van der Waals surface area contributed by atoms with Crippen molar-refractivity contribution in [2.24, 2.45) is 0 Å². The summed E-state index contributed by atoms with van der Waals surface area (Å²) in [5.74, 6) is -1.28. The summed E-state index contributed by atoms with van der Waals surface area (Å²) in [5, 5.41) is 16.7. The average Bonchev–Trinajstić information content (AvgIpc) is 2.77. The van der Waals surface area contributed by atoms with E-state index in [9.17, 15) is 14.7 Å². The first kappa shape index (κ1) is 19.6. The second-order valence-corrected chi connectivity index (χ2v) is 7.45. The molecule has 0 saturated carbocycles. The van der Waals surface area contributed by atoms with Gasteiger partial charge in [0.05, 0.1) is 0 Å². The lowest BCUT2D eigenvalue weighted by Gasteiger charge is -2.18. The van der Waals surface area contributed by atoms with Gasteiger partial charge >= 0.3 is 5.97 Å². The van der Waals surface area contributed by atoms with Gasteiger partial charge in [-0.15, -0.1) is 0 Å². The molecule has 0 aliphatic rings. The van der Waals surface area contributed by atoms with Gasteiger partial charge in [-0.3, -0.25) is 4.79 Å². The molecule has 2 N–H and O–H groups in total. The molecule has 0 unspecified atom stereocenters. The molecule has 4 nitrogen and oxygen atoms in total. The van der Waals surface area contributed by atoms with Crippen LogP contribution in [0.2, 0.25) is 0 Å². The summed E-state index contributed by atoms with van der Waals surface area (Å²) < 4.78 is 0. The van der Waals surface area contributed by atoms with Crippen molar-refractivity contribution in [2.45, 2.75) is 25.3 Å². The van der Waals surface area contributed by atoms with E-state index in [0.29, 0.717) is 6.42 Å². The predicted molar refractivity (Wildman–Crippen MR) is 119 cm³/mol. The highest BCUT2D eigenvalue weighted by atomic mass is 16.4. The number of nitrogens with one attached hydrogen (secondary N) is 1. The summed E-state index contributed by atoms with van der Waals surface area (Å²) >= 11 is 0. The number of benzene rings is 4. The van der Waals surface area contributed by atoms with Crippen molar-refractivity contribution in [2.75, 3.05) is 0 Å². The molecular formula is C26H23NO3. The number of amides is 1. The van der Waals surface area contributed by atoms with Crippen molar-refractivity contribution in [3.05, 3.63) is 96.1 Å². The molecule has 4 heteroatoms. The molecule has 4 aromatic carbocycles. The third-order valence-corrected chi connectivity index (χ3v) is 5.41. The molecule has 0 aromatic heterocycles. The van der Waals surface area contributed by atoms with Gasteiger partial charge in [0.1, 0.15) is 6.04 Å². The summed E-state index contributed by atoms with van der Waals surface area (Å²) in [6.45, 7) is 0. The third-order valence-electron chi connectivity index (χ3n) is 5.41. The summed E-state index contributed by atoms with van der Waals surface area (Å²) in [6.07, 6.45) is 1.06. The SMILES string of the molecule is O=C(CCc1ccccc1)N[C@@H](Cc1c2ccccc2cc2ccccc12)C(=O)O. The summed E-state index contributed by atoms with van der Waals surface area (Å²) in [4.78, 5) is 24.4. The fourth-order valence-corrected chi connectivity index (χ4v) is 3.90. The van der Waals surface area contributed by atoms with Crippen LogP contribution in [0.5, 0.6) is 0 Å². The fourth-order valence-electron chi connectivity index (χ4n) is 3.90. The number of carbonyl (C=O) groups is 2. The van der Waals surface area contributed by atoms with Gasteiger partial charge in [-0.25, -0.2) is 4.79 Å². The highest BCUT2D eigenvalue weighted by Crippen LogP contribution is 2.29. The molecule has 30 heavy (non-hydrogen) atoms. The van der Waals surface area contributed by atoms with Crippen LogP contribution in [-0.4, -0.2) is 23.0 Å². The average molecular weight is 397 g/mol. The first-order valence-corrected chi connectivity index (χ1v) is 10.1. The number of aliphatic carboxylic acids is 1. The monoisotopic (exact) mass is 397 g/mol. The van der Waals surface area contributed by atoms with E-state index in [-0.39, 0.29) is 18.7 Å². The van der Waals surface area contributed by atoms with Gasteiger partial charge in [-0.05, 0) is 45.2 Å². The molecule has 0 heterocycles. The number of hydrogen-bond donors (Lipinski definition) is 2. The van der Waals surface area contributed by atoms with Gasteiger partial charge in [0.2, 0.25) is 5.91 Å². The molecule has 1 amide bonds. The maximum atomic E-state index is 12.5. The highest BCUT2D eigenvalue weighted by molar-refractivity contribution is 6.02. The molecule has 0 aliphatic heterocycles. The number of carboxylic acid groups (broad SMARTS) is 1. The van der Waals surface area contributed by atoms with E-state index in [1.54, 1.807) is 0 Å². The minimum absolute atomic E-state index is 0.230. The van der Waals surface area contributed by atoms with E-state index in [1.807, 2.05) is 78.9 Å². The first-order chi connectivity index (χ1) is 14.6. The lowest BCUT2D eigenvalue weighted by molar-refractivity contribution is -0.141. The number of rotatable bonds is 7. The first-order valence-electron chi connectivity index (χ1n) is 10.1. The van der Waals surface area contributed by atoms with Crippen LogP contribution in [0.4, 0.5) is 0 Å². The molecule has 1 atom stereocenters. The van der Waals surface area contributed by atoms with Crippen molar-refractivity contribution < 1.29 is 14.7 Å². The van der Waals surface area contributed by atoms with Crippen molar-refractivity contribution >= 4 is 33.4 Å². The predicted octanol–water partition coefficient (Wildman–Crippen LogP) is 4.74. The Hall–Kier alpha value is -3.66. The Morgan fingerprint density at radius 2 is 1.37 bits per heavy atom. The molecular weight excluding hydrogens is 374 g/mol. The van der Waals surface area contributed by atoms with E-state index < -0.39 is 12.0 Å². The molecule has 4 aromatic rings. The molecule has 150 valence electrons. The van der Waals surface area contributed by atoms with Crippen LogP contribution in [-0.2, 0) is 22.4 Å². The van der Waals surface area contributed by atoms with Crippen LogP contribution < -0.4 is 5.32 Å². The van der Waals surface area contributed by atoms with Gasteiger partial charge in [0.15, 0.2) is 0 Å². The second-order valence-electron chi connectivity index (χ2n) is 7.45. The van der Waals surface area contributed by atoms with Crippen molar-refractivity contribution in [3.63, 3.8) is 0 Å². The largest absolute Gasteiger partial charge is 0.480 e. The smallest absolute Gasteiger partial charge is 0.326 e. The standard InChI is InChI=1S/C26H23NO3/c28-25(15-14-18-8-2-1-3-9-18)27-24(26(29)30)17-23-21-12-6-4-10-19(21)16-20-11-5-7-13-22(20)23/h1-13,16,24H,14-15,17H2,(H,27,28)(H,29,30)/t24-/m0/s1. The number of carboxylic acids is 1. The minimum atomic E-state index is -1.03. The highest BCUT2D eigenvalue weighted by Gasteiger charge is 2.22. The Labute approximate surface area is 175 Å². The number of aryl methyl sites for hydroxylation is 1. The topological polar surface area (TPSA) is 66.4 Å². The van der Waals surface area contributed by atoms with Crippen LogP contribution in [0.25, 0.3) is 21.5 Å². The lowest BCUT2D eigenvalue weighted by Crippen LogP contribution is -2.42. The van der Waals surface area contributed by atoms with Crippen molar-refractivity contribution in [1.29, 1.82) is 0 Å². The molecule has 0 radical (unpaired) electrons. The third kappa shape index (κ3) is 4.33. The maximum absolute atomic E-state index is 12.5. The van der Waals surface area contributed by atoms with Crippen molar-refractivity contribution in [1.82, 2.24) is 5.32 Å². The molecule has 0 spiro atoms. The van der Waals surface area contributed by atoms with Crippen LogP contribution in [0.1, 0.15) is 17.5 Å². The molecule has 0 fully saturated rings. The van der Waals surface area contributed by atoms with E-state index in [4.69, 9.17) is 0 Å². The minimum Gasteiger partial charge on any atom is -0.480 e. The maximum Gasteiger partial charge on any atom is 0.326 e. The van der Waals surface area contributed by atoms with E-state index >= 15 is 0 Å². The normalized spacial score (nSPS) is 12.0. The van der Waals surface area contributed by atoms with Gasteiger partial charge in [0, 0.05) is 12.8 Å². The number of hydrogen-bond acceptors (Lipinski definition) is 2. The van der Waals surface area contributed by atoms with E-state index in [2.05, 4.69) is 11.4 Å². The Bertz CT molecular complexity index is 1150. The summed E-state index contributed by atoms with van der Waals surface area (Å²) in [6, 6.07) is 26.8. The Morgan fingerprint density at radius 3 is 1.97 bits per heavy atom. The molecule has 0 bridgehead atoms. The van der Waals surface area contributed by atoms with Gasteiger partial charge in [-0.2, -0.15) is 0 Å². The molecule has 0 saturated heterocycles. The quantitative estimate of drug-likeness (QED) is 0.443. The second kappa shape index (κ2) is 8.78. The lowest BCUT2D eigenvalue weighted by atomic mass is 9.92.